The molecule has 0 saturated heterocycles. The van der Waals surface area contributed by atoms with Gasteiger partial charge in [0.1, 0.15) is 0 Å². The van der Waals surface area contributed by atoms with E-state index in [-0.39, 0.29) is 19.3 Å². The summed E-state index contributed by atoms with van der Waals surface area (Å²) in [5.41, 5.74) is 2.48. The van der Waals surface area contributed by atoms with Crippen LogP contribution in [0, 0.1) is 6.92 Å². The molecule has 1 atom stereocenters. The number of nitrogens with zero attached hydrogens (tertiary/aromatic N) is 1. The van der Waals surface area contributed by atoms with Crippen molar-refractivity contribution in [3.8, 4) is 0 Å². The van der Waals surface area contributed by atoms with Gasteiger partial charge in [0, 0.05) is 19.2 Å². The van der Waals surface area contributed by atoms with Crippen LogP contribution in [0.4, 0.5) is 0 Å². The third-order valence-electron chi connectivity index (χ3n) is 2.81. The summed E-state index contributed by atoms with van der Waals surface area (Å²) in [6.45, 7) is 3.07. The van der Waals surface area contributed by atoms with Gasteiger partial charge in [-0.25, -0.2) is 0 Å². The summed E-state index contributed by atoms with van der Waals surface area (Å²) in [5, 5.41) is 18.1. The van der Waals surface area contributed by atoms with Crippen LogP contribution >= 0.6 is 0 Å². The number of aliphatic hydroxyl groups excluding tert-OH is 2. The third-order valence-corrected chi connectivity index (χ3v) is 2.81. The van der Waals surface area contributed by atoms with E-state index in [2.05, 4.69) is 30.0 Å². The maximum atomic E-state index is 9.21. The van der Waals surface area contributed by atoms with E-state index in [9.17, 15) is 5.11 Å². The third kappa shape index (κ3) is 3.93. The molecule has 3 nitrogen and oxygen atoms in total. The van der Waals surface area contributed by atoms with E-state index < -0.39 is 0 Å². The largest absolute Gasteiger partial charge is 0.396 e. The molecule has 0 aliphatic rings. The van der Waals surface area contributed by atoms with Gasteiger partial charge in [-0.2, -0.15) is 0 Å². The van der Waals surface area contributed by atoms with Crippen molar-refractivity contribution >= 4 is 0 Å². The zero-order valence-corrected chi connectivity index (χ0v) is 10.1. The highest BCUT2D eigenvalue weighted by Crippen LogP contribution is 2.10. The van der Waals surface area contributed by atoms with Crippen molar-refractivity contribution in [2.75, 3.05) is 20.3 Å². The lowest BCUT2D eigenvalue weighted by Crippen LogP contribution is -2.35. The Morgan fingerprint density at radius 1 is 1.31 bits per heavy atom. The number of benzene rings is 1. The molecule has 0 spiro atoms. The molecule has 90 valence electrons. The Morgan fingerprint density at radius 3 is 2.62 bits per heavy atom. The second-order valence-corrected chi connectivity index (χ2v) is 4.25. The van der Waals surface area contributed by atoms with Crippen LogP contribution in [0.25, 0.3) is 0 Å². The molecule has 16 heavy (non-hydrogen) atoms. The van der Waals surface area contributed by atoms with Gasteiger partial charge in [-0.3, -0.25) is 4.90 Å². The smallest absolute Gasteiger partial charge is 0.0587 e. The summed E-state index contributed by atoms with van der Waals surface area (Å²) in [4.78, 5) is 2.07. The average molecular weight is 223 g/mol. The predicted octanol–water partition coefficient (Wildman–Crippen LogP) is 1.17. The molecule has 0 saturated carbocycles. The lowest BCUT2D eigenvalue weighted by molar-refractivity contribution is 0.115. The van der Waals surface area contributed by atoms with Crippen LogP contribution in [-0.2, 0) is 6.54 Å². The Balaban J connectivity index is 2.58. The Hall–Kier alpha value is -0.900. The van der Waals surface area contributed by atoms with Crippen molar-refractivity contribution in [2.24, 2.45) is 0 Å². The molecular formula is C13H21NO2. The van der Waals surface area contributed by atoms with E-state index in [1.807, 2.05) is 13.1 Å². The average Bonchev–Trinajstić information content (AvgIpc) is 2.25. The van der Waals surface area contributed by atoms with Crippen molar-refractivity contribution in [1.29, 1.82) is 0 Å². The number of likely N-dealkylation sites (N-methyl/N-ethyl adjacent to an activating group) is 1. The van der Waals surface area contributed by atoms with Crippen molar-refractivity contribution < 1.29 is 10.2 Å². The zero-order valence-electron chi connectivity index (χ0n) is 10.1. The van der Waals surface area contributed by atoms with Gasteiger partial charge in [0.25, 0.3) is 0 Å². The summed E-state index contributed by atoms with van der Waals surface area (Å²) in [7, 11) is 1.97. The van der Waals surface area contributed by atoms with Crippen LogP contribution in [0.3, 0.4) is 0 Å². The standard InChI is InChI=1S/C13H21NO2/c1-11-4-3-5-12(8-11)9-14(2)13(10-16)6-7-15/h3-5,8,13,15-16H,6-7,9-10H2,1-2H3. The van der Waals surface area contributed by atoms with Crippen molar-refractivity contribution in [3.63, 3.8) is 0 Å². The van der Waals surface area contributed by atoms with Crippen LogP contribution < -0.4 is 0 Å². The molecule has 0 aliphatic carbocycles. The minimum Gasteiger partial charge on any atom is -0.396 e. The summed E-state index contributed by atoms with van der Waals surface area (Å²) in [5.74, 6) is 0. The summed E-state index contributed by atoms with van der Waals surface area (Å²) >= 11 is 0. The fraction of sp³-hybridized carbons (Fsp3) is 0.538. The lowest BCUT2D eigenvalue weighted by Gasteiger charge is -2.26. The maximum absolute atomic E-state index is 9.21. The SMILES string of the molecule is Cc1cccc(CN(C)C(CO)CCO)c1. The second kappa shape index (κ2) is 6.63. The highest BCUT2D eigenvalue weighted by molar-refractivity contribution is 5.22. The van der Waals surface area contributed by atoms with E-state index in [1.54, 1.807) is 0 Å². The first-order valence-corrected chi connectivity index (χ1v) is 5.65. The van der Waals surface area contributed by atoms with E-state index in [1.165, 1.54) is 11.1 Å². The highest BCUT2D eigenvalue weighted by atomic mass is 16.3. The van der Waals surface area contributed by atoms with E-state index in [0.717, 1.165) is 6.54 Å². The van der Waals surface area contributed by atoms with Gasteiger partial charge in [-0.15, -0.1) is 0 Å². The van der Waals surface area contributed by atoms with Crippen LogP contribution in [-0.4, -0.2) is 41.4 Å². The van der Waals surface area contributed by atoms with Crippen molar-refractivity contribution in [1.82, 2.24) is 4.90 Å². The van der Waals surface area contributed by atoms with Crippen LogP contribution in [0.5, 0.6) is 0 Å². The van der Waals surface area contributed by atoms with Gasteiger partial charge in [-0.1, -0.05) is 29.8 Å². The predicted molar refractivity (Wildman–Crippen MR) is 65.2 cm³/mol. The normalized spacial score (nSPS) is 13.1. The number of hydrogen-bond acceptors (Lipinski definition) is 3. The summed E-state index contributed by atoms with van der Waals surface area (Å²) in [6.07, 6.45) is 0.610. The quantitative estimate of drug-likeness (QED) is 0.761. The molecule has 3 heteroatoms. The molecule has 0 amide bonds. The minimum atomic E-state index is 0.0329. The highest BCUT2D eigenvalue weighted by Gasteiger charge is 2.13. The van der Waals surface area contributed by atoms with E-state index in [4.69, 9.17) is 5.11 Å². The second-order valence-electron chi connectivity index (χ2n) is 4.25. The van der Waals surface area contributed by atoms with Crippen LogP contribution in [0.2, 0.25) is 0 Å². The number of hydrogen-bond donors (Lipinski definition) is 2. The molecule has 0 bridgehead atoms. The van der Waals surface area contributed by atoms with Gasteiger partial charge >= 0.3 is 0 Å². The van der Waals surface area contributed by atoms with Crippen molar-refractivity contribution in [3.05, 3.63) is 35.4 Å². The maximum Gasteiger partial charge on any atom is 0.0587 e. The van der Waals surface area contributed by atoms with Crippen molar-refractivity contribution in [2.45, 2.75) is 25.9 Å². The van der Waals surface area contributed by atoms with Gasteiger partial charge in [0.15, 0.2) is 0 Å². The molecule has 1 unspecified atom stereocenters. The van der Waals surface area contributed by atoms with Crippen LogP contribution in [0.15, 0.2) is 24.3 Å². The fourth-order valence-electron chi connectivity index (χ4n) is 1.83. The molecule has 0 heterocycles. The van der Waals surface area contributed by atoms with Gasteiger partial charge in [0.2, 0.25) is 0 Å². The van der Waals surface area contributed by atoms with E-state index in [0.29, 0.717) is 6.42 Å². The summed E-state index contributed by atoms with van der Waals surface area (Å²) < 4.78 is 0. The number of aliphatic hydroxyl groups is 2. The first-order valence-electron chi connectivity index (χ1n) is 5.65. The van der Waals surface area contributed by atoms with Gasteiger partial charge in [0.05, 0.1) is 6.61 Å². The lowest BCUT2D eigenvalue weighted by atomic mass is 10.1. The number of rotatable bonds is 6. The molecule has 2 N–H and O–H groups in total. The first-order chi connectivity index (χ1) is 7.67. The van der Waals surface area contributed by atoms with Gasteiger partial charge < -0.3 is 10.2 Å². The molecule has 0 aliphatic heterocycles. The molecule has 0 radical (unpaired) electrons. The molecule has 0 aromatic heterocycles. The van der Waals surface area contributed by atoms with E-state index >= 15 is 0 Å². The topological polar surface area (TPSA) is 43.7 Å². The monoisotopic (exact) mass is 223 g/mol. The fourth-order valence-corrected chi connectivity index (χ4v) is 1.83. The molecule has 1 rings (SSSR count). The first kappa shape index (κ1) is 13.2. The molecule has 1 aromatic rings. The molecule has 0 fully saturated rings. The zero-order chi connectivity index (χ0) is 12.0. The Kier molecular flexibility index (Phi) is 5.46. The molecule has 1 aromatic carbocycles. The number of aryl methyl sites for hydroxylation is 1. The molecular weight excluding hydrogens is 202 g/mol. The Morgan fingerprint density at radius 2 is 2.06 bits per heavy atom. The Bertz CT molecular complexity index is 315. The summed E-state index contributed by atoms with van der Waals surface area (Å²) in [6, 6.07) is 8.37. The Labute approximate surface area is 97.3 Å². The van der Waals surface area contributed by atoms with Gasteiger partial charge in [-0.05, 0) is 26.0 Å². The minimum absolute atomic E-state index is 0.0329. The van der Waals surface area contributed by atoms with Crippen LogP contribution in [0.1, 0.15) is 17.5 Å².